The Hall–Kier alpha value is -5.96. The van der Waals surface area contributed by atoms with Crippen LogP contribution in [0.3, 0.4) is 0 Å². The summed E-state index contributed by atoms with van der Waals surface area (Å²) in [6.45, 7) is 19.1. The maximum Gasteiger partial charge on any atom is 0.329 e. The van der Waals surface area contributed by atoms with Crippen molar-refractivity contribution < 1.29 is 67.3 Å². The van der Waals surface area contributed by atoms with Crippen LogP contribution in [0.25, 0.3) is 0 Å². The average molecular weight is 1100 g/mol. The number of Topliss-reactive ketones (excluding diaryl/α,β-unsaturated/α-hetero) is 2. The summed E-state index contributed by atoms with van der Waals surface area (Å²) in [5, 5.41) is 20.3. The van der Waals surface area contributed by atoms with Gasteiger partial charge in [0.2, 0.25) is 35.3 Å². The number of fused-ring (bicyclic) bond motifs is 1. The standard InChI is InChI=1S/C57H89N7O14/c1-15-34(8)47-45(66)29-46(67)78-50(33(6)7)49(68)35(9)51(69)58-41(26-31(2)3)55(73)64-25-17-19-42(64)56(74)62(13)44(28-38-20-22-40(76-14)23-21-38)57(75)77-37(11)48(53(71)59-47)60-52(70)43(27-32(4)5)61(12)30-39-18-16-24-63(39)54(72)36(10)65/h20-23,31-35,37,39,41-45,47-48,50,66H,15-19,24-30H2,1-14H3,(H,58,69)(H,59,71)(H,60,70)/t34-,35-,37+,39-,41-,42-,43+,44-,45-,47+,48-,50-/m0/s1. The van der Waals surface area contributed by atoms with Gasteiger partial charge in [-0.1, -0.05) is 73.9 Å². The van der Waals surface area contributed by atoms with Crippen LogP contribution in [0.15, 0.2) is 24.3 Å². The summed E-state index contributed by atoms with van der Waals surface area (Å²) in [4.78, 5) is 147. The molecule has 0 spiro atoms. The van der Waals surface area contributed by atoms with Gasteiger partial charge < -0.3 is 50.0 Å². The number of aliphatic hydroxyl groups is 1. The molecule has 3 fully saturated rings. The van der Waals surface area contributed by atoms with Crippen molar-refractivity contribution in [3.63, 3.8) is 0 Å². The summed E-state index contributed by atoms with van der Waals surface area (Å²) >= 11 is 0. The third kappa shape index (κ3) is 17.0. The number of carbonyl (C=O) groups is 10. The van der Waals surface area contributed by atoms with Crippen molar-refractivity contribution in [1.82, 2.24) is 35.6 Å². The molecular formula is C57H89N7O14. The normalized spacial score (nSPS) is 27.6. The molecule has 0 bridgehead atoms. The lowest BCUT2D eigenvalue weighted by Gasteiger charge is -2.36. The van der Waals surface area contributed by atoms with Crippen LogP contribution >= 0.6 is 0 Å². The van der Waals surface area contributed by atoms with Gasteiger partial charge in [-0.2, -0.15) is 0 Å². The van der Waals surface area contributed by atoms with Crippen molar-refractivity contribution in [1.29, 1.82) is 0 Å². The van der Waals surface area contributed by atoms with Crippen LogP contribution in [-0.2, 0) is 63.8 Å². The van der Waals surface area contributed by atoms with Gasteiger partial charge in [-0.15, -0.1) is 0 Å². The highest BCUT2D eigenvalue weighted by molar-refractivity contribution is 6.35. The minimum absolute atomic E-state index is 0.0585. The second kappa shape index (κ2) is 29.3. The van der Waals surface area contributed by atoms with Crippen LogP contribution in [0, 0.1) is 29.6 Å². The number of amides is 6. The number of benzene rings is 1. The summed E-state index contributed by atoms with van der Waals surface area (Å²) in [7, 11) is 4.64. The number of ketones is 2. The van der Waals surface area contributed by atoms with E-state index < -0.39 is 138 Å². The van der Waals surface area contributed by atoms with E-state index in [1.165, 1.54) is 49.6 Å². The highest BCUT2D eigenvalue weighted by Gasteiger charge is 2.45. The van der Waals surface area contributed by atoms with E-state index in [1.54, 1.807) is 57.0 Å². The third-order valence-corrected chi connectivity index (χ3v) is 15.5. The van der Waals surface area contributed by atoms with E-state index >= 15 is 0 Å². The van der Waals surface area contributed by atoms with Crippen molar-refractivity contribution in [2.45, 2.75) is 195 Å². The molecule has 3 aliphatic rings. The monoisotopic (exact) mass is 1100 g/mol. The zero-order chi connectivity index (χ0) is 58.5. The van der Waals surface area contributed by atoms with Gasteiger partial charge in [0.15, 0.2) is 11.9 Å². The van der Waals surface area contributed by atoms with Gasteiger partial charge in [0, 0.05) is 46.1 Å². The van der Waals surface area contributed by atoms with Crippen LogP contribution in [0.2, 0.25) is 0 Å². The molecule has 4 N–H and O–H groups in total. The van der Waals surface area contributed by atoms with Gasteiger partial charge in [0.25, 0.3) is 5.91 Å². The molecule has 21 heteroatoms. The van der Waals surface area contributed by atoms with E-state index in [1.807, 2.05) is 34.6 Å². The topological polar surface area (TPSA) is 268 Å². The van der Waals surface area contributed by atoms with Crippen LogP contribution in [0.4, 0.5) is 0 Å². The molecule has 21 nitrogen and oxygen atoms in total. The smallest absolute Gasteiger partial charge is 0.329 e. The van der Waals surface area contributed by atoms with Crippen LogP contribution in [0.1, 0.15) is 133 Å². The van der Waals surface area contributed by atoms with Gasteiger partial charge in [-0.3, -0.25) is 48.1 Å². The number of rotatable bonds is 16. The van der Waals surface area contributed by atoms with E-state index in [4.69, 9.17) is 14.2 Å². The SMILES string of the molecule is CC[C@H](C)[C@H]1NC(=O)[C@@H](NC(=O)[C@@H](CC(C)C)N(C)C[C@@H]2CCCN2C(=O)C(C)=O)[C@@H](C)OC(=O)[C@H](Cc2ccc(OC)cc2)N(C)C(=O)[C@@H]2CCCN2C(=O)[C@H](CC(C)C)NC(=O)[C@@H](C)C(=O)[C@H](C(C)C)OC(=O)C[C@@H]1O. The molecule has 4 rings (SSSR count). The number of likely N-dealkylation sites (tertiary alicyclic amines) is 1. The van der Waals surface area contributed by atoms with E-state index in [-0.39, 0.29) is 56.7 Å². The summed E-state index contributed by atoms with van der Waals surface area (Å²) in [6.07, 6.45) is -2.59. The lowest BCUT2D eigenvalue weighted by atomic mass is 9.91. The lowest BCUT2D eigenvalue weighted by Crippen LogP contribution is -2.61. The zero-order valence-corrected chi connectivity index (χ0v) is 48.5. The van der Waals surface area contributed by atoms with Crippen molar-refractivity contribution in [3.8, 4) is 5.75 Å². The predicted octanol–water partition coefficient (Wildman–Crippen LogP) is 3.00. The van der Waals surface area contributed by atoms with Crippen LogP contribution in [0.5, 0.6) is 5.75 Å². The number of nitrogens with one attached hydrogen (secondary N) is 3. The number of carbonyl (C=O) groups excluding carboxylic acids is 10. The molecular weight excluding hydrogens is 1010 g/mol. The van der Waals surface area contributed by atoms with Crippen LogP contribution < -0.4 is 20.7 Å². The Morgan fingerprint density at radius 1 is 0.872 bits per heavy atom. The highest BCUT2D eigenvalue weighted by Crippen LogP contribution is 2.27. The number of aliphatic hydroxyl groups excluding tert-OH is 1. The molecule has 1 aromatic rings. The second-order valence-corrected chi connectivity index (χ2v) is 22.9. The minimum Gasteiger partial charge on any atom is -0.497 e. The summed E-state index contributed by atoms with van der Waals surface area (Å²) in [5.74, 6) is -9.56. The molecule has 12 atom stereocenters. The number of hydrogen-bond acceptors (Lipinski definition) is 15. The van der Waals surface area contributed by atoms with Crippen LogP contribution in [-0.4, -0.2) is 185 Å². The quantitative estimate of drug-likeness (QED) is 0.105. The van der Waals surface area contributed by atoms with E-state index in [2.05, 4.69) is 16.0 Å². The first kappa shape index (κ1) is 64.6. The third-order valence-electron chi connectivity index (χ3n) is 15.5. The van der Waals surface area contributed by atoms with Gasteiger partial charge >= 0.3 is 11.9 Å². The van der Waals surface area contributed by atoms with Crippen molar-refractivity contribution >= 4 is 58.9 Å². The fourth-order valence-corrected chi connectivity index (χ4v) is 10.6. The molecule has 0 saturated carbocycles. The fraction of sp³-hybridized carbons (Fsp3) is 0.719. The molecule has 436 valence electrons. The molecule has 0 aliphatic carbocycles. The predicted molar refractivity (Wildman–Crippen MR) is 289 cm³/mol. The summed E-state index contributed by atoms with van der Waals surface area (Å²) in [6, 6.07) is -0.897. The zero-order valence-electron chi connectivity index (χ0n) is 48.5. The molecule has 0 aromatic heterocycles. The maximum absolute atomic E-state index is 15.0. The molecule has 0 unspecified atom stereocenters. The molecule has 3 heterocycles. The fourth-order valence-electron chi connectivity index (χ4n) is 10.6. The molecule has 0 radical (unpaired) electrons. The van der Waals surface area contributed by atoms with E-state index in [0.29, 0.717) is 43.5 Å². The van der Waals surface area contributed by atoms with Gasteiger partial charge in [0.05, 0.1) is 37.6 Å². The number of likely N-dealkylation sites (N-methyl/N-ethyl adjacent to an activating group) is 2. The Balaban J connectivity index is 1.87. The largest absolute Gasteiger partial charge is 0.497 e. The number of esters is 2. The molecule has 78 heavy (non-hydrogen) atoms. The van der Waals surface area contributed by atoms with Gasteiger partial charge in [0.1, 0.15) is 36.0 Å². The van der Waals surface area contributed by atoms with E-state index in [9.17, 15) is 53.1 Å². The number of methoxy groups -OCH3 is 1. The Bertz CT molecular complexity index is 2290. The molecule has 1 aromatic carbocycles. The first-order chi connectivity index (χ1) is 36.6. The Labute approximate surface area is 460 Å². The van der Waals surface area contributed by atoms with Gasteiger partial charge in [-0.05, 0) is 101 Å². The van der Waals surface area contributed by atoms with E-state index in [0.717, 1.165) is 0 Å². The number of cyclic esters (lactones) is 2. The molecule has 3 aliphatic heterocycles. The van der Waals surface area contributed by atoms with Crippen molar-refractivity contribution in [2.75, 3.05) is 40.8 Å². The van der Waals surface area contributed by atoms with Crippen molar-refractivity contribution in [2.24, 2.45) is 29.6 Å². The number of ether oxygens (including phenoxy) is 3. The maximum atomic E-state index is 15.0. The average Bonchev–Trinajstić information content (AvgIpc) is 4.09. The summed E-state index contributed by atoms with van der Waals surface area (Å²) < 4.78 is 17.3. The van der Waals surface area contributed by atoms with Crippen molar-refractivity contribution in [3.05, 3.63) is 29.8 Å². The summed E-state index contributed by atoms with van der Waals surface area (Å²) in [5.41, 5.74) is 0.599. The number of hydrogen-bond donors (Lipinski definition) is 4. The first-order valence-corrected chi connectivity index (χ1v) is 27.9. The first-order valence-electron chi connectivity index (χ1n) is 27.9. The highest BCUT2D eigenvalue weighted by atomic mass is 16.6. The lowest BCUT2D eigenvalue weighted by molar-refractivity contribution is -0.163. The Kier molecular flexibility index (Phi) is 24.3. The molecule has 3 saturated heterocycles. The Morgan fingerprint density at radius 2 is 1.51 bits per heavy atom. The molecule has 6 amide bonds. The second-order valence-electron chi connectivity index (χ2n) is 22.9. The Morgan fingerprint density at radius 3 is 2.09 bits per heavy atom. The minimum atomic E-state index is -1.66. The van der Waals surface area contributed by atoms with Gasteiger partial charge in [-0.25, -0.2) is 4.79 Å². The number of nitrogens with zero attached hydrogens (tertiary/aromatic N) is 4.